The first-order valence-corrected chi connectivity index (χ1v) is 6.90. The molecule has 0 saturated heterocycles. The number of furan rings is 1. The molecule has 1 aromatic heterocycles. The van der Waals surface area contributed by atoms with E-state index in [-0.39, 0.29) is 12.5 Å². The van der Waals surface area contributed by atoms with Crippen molar-refractivity contribution >= 4 is 17.5 Å². The maximum atomic E-state index is 11.9. The van der Waals surface area contributed by atoms with Crippen molar-refractivity contribution in [3.05, 3.63) is 52.4 Å². The summed E-state index contributed by atoms with van der Waals surface area (Å²) in [4.78, 5) is 11.9. The Morgan fingerprint density at radius 3 is 2.90 bits per heavy atom. The normalized spacial score (nSPS) is 10.4. The molecule has 0 aliphatic rings. The van der Waals surface area contributed by atoms with Crippen molar-refractivity contribution in [3.63, 3.8) is 0 Å². The van der Waals surface area contributed by atoms with Gasteiger partial charge in [0, 0.05) is 11.6 Å². The Labute approximate surface area is 128 Å². The molecule has 3 N–H and O–H groups in total. The molecule has 1 heterocycles. The Kier molecular flexibility index (Phi) is 5.25. The molecule has 0 saturated carbocycles. The van der Waals surface area contributed by atoms with Gasteiger partial charge in [-0.15, -0.1) is 0 Å². The SMILES string of the molecule is COc1ccc(Cl)cc1CCNC(=O)c1coc(CN)c1. The van der Waals surface area contributed by atoms with Gasteiger partial charge >= 0.3 is 0 Å². The molecule has 21 heavy (non-hydrogen) atoms. The number of ether oxygens (including phenoxy) is 1. The van der Waals surface area contributed by atoms with E-state index in [1.54, 1.807) is 19.2 Å². The van der Waals surface area contributed by atoms with E-state index in [2.05, 4.69) is 5.32 Å². The summed E-state index contributed by atoms with van der Waals surface area (Å²) in [5.41, 5.74) is 6.84. The molecule has 2 rings (SSSR count). The third-order valence-corrected chi connectivity index (χ3v) is 3.27. The second kappa shape index (κ2) is 7.15. The lowest BCUT2D eigenvalue weighted by Crippen LogP contribution is -2.25. The maximum absolute atomic E-state index is 11.9. The van der Waals surface area contributed by atoms with Gasteiger partial charge in [-0.1, -0.05) is 11.6 Å². The first-order chi connectivity index (χ1) is 10.1. The number of nitrogens with one attached hydrogen (secondary N) is 1. The lowest BCUT2D eigenvalue weighted by Gasteiger charge is -2.09. The highest BCUT2D eigenvalue weighted by Gasteiger charge is 2.10. The Bertz CT molecular complexity index is 625. The van der Waals surface area contributed by atoms with Crippen molar-refractivity contribution in [2.45, 2.75) is 13.0 Å². The van der Waals surface area contributed by atoms with Crippen LogP contribution in [-0.4, -0.2) is 19.6 Å². The van der Waals surface area contributed by atoms with Crippen LogP contribution in [0, 0.1) is 0 Å². The minimum atomic E-state index is -0.195. The zero-order valence-corrected chi connectivity index (χ0v) is 12.4. The van der Waals surface area contributed by atoms with Crippen LogP contribution in [0.2, 0.25) is 5.02 Å². The van der Waals surface area contributed by atoms with E-state index in [4.69, 9.17) is 26.5 Å². The lowest BCUT2D eigenvalue weighted by molar-refractivity contribution is 0.0953. The molecular formula is C15H17ClN2O3. The van der Waals surface area contributed by atoms with Crippen molar-refractivity contribution in [3.8, 4) is 5.75 Å². The molecule has 0 bridgehead atoms. The molecule has 6 heteroatoms. The van der Waals surface area contributed by atoms with Crippen molar-refractivity contribution in [1.82, 2.24) is 5.32 Å². The molecule has 0 aliphatic carbocycles. The second-order valence-electron chi connectivity index (χ2n) is 4.47. The fraction of sp³-hybridized carbons (Fsp3) is 0.267. The largest absolute Gasteiger partial charge is 0.496 e. The maximum Gasteiger partial charge on any atom is 0.254 e. The second-order valence-corrected chi connectivity index (χ2v) is 4.90. The number of amides is 1. The van der Waals surface area contributed by atoms with E-state index < -0.39 is 0 Å². The van der Waals surface area contributed by atoms with Crippen molar-refractivity contribution in [2.24, 2.45) is 5.73 Å². The smallest absolute Gasteiger partial charge is 0.254 e. The minimum Gasteiger partial charge on any atom is -0.496 e. The standard InChI is InChI=1S/C15H17ClN2O3/c1-20-14-3-2-12(16)6-10(14)4-5-18-15(19)11-7-13(8-17)21-9-11/h2-3,6-7,9H,4-5,8,17H2,1H3,(H,18,19). The number of hydrogen-bond donors (Lipinski definition) is 2. The summed E-state index contributed by atoms with van der Waals surface area (Å²) >= 11 is 5.96. The highest BCUT2D eigenvalue weighted by atomic mass is 35.5. The van der Waals surface area contributed by atoms with Crippen LogP contribution in [0.4, 0.5) is 0 Å². The first-order valence-electron chi connectivity index (χ1n) is 6.52. The minimum absolute atomic E-state index is 0.195. The van der Waals surface area contributed by atoms with Gasteiger partial charge < -0.3 is 20.2 Å². The van der Waals surface area contributed by atoms with E-state index >= 15 is 0 Å². The third kappa shape index (κ3) is 4.00. The van der Waals surface area contributed by atoms with Crippen molar-refractivity contribution < 1.29 is 13.9 Å². The topological polar surface area (TPSA) is 77.5 Å². The number of halogens is 1. The molecular weight excluding hydrogens is 292 g/mol. The van der Waals surface area contributed by atoms with Gasteiger partial charge in [0.1, 0.15) is 17.8 Å². The highest BCUT2D eigenvalue weighted by Crippen LogP contribution is 2.22. The van der Waals surface area contributed by atoms with Crippen molar-refractivity contribution in [2.75, 3.05) is 13.7 Å². The van der Waals surface area contributed by atoms with Gasteiger partial charge in [-0.25, -0.2) is 0 Å². The average Bonchev–Trinajstić information content (AvgIpc) is 2.96. The summed E-state index contributed by atoms with van der Waals surface area (Å²) in [7, 11) is 1.60. The Morgan fingerprint density at radius 2 is 2.24 bits per heavy atom. The summed E-state index contributed by atoms with van der Waals surface area (Å²) in [6.45, 7) is 0.742. The number of carbonyl (C=O) groups excluding carboxylic acids is 1. The van der Waals surface area contributed by atoms with Crippen LogP contribution in [0.3, 0.4) is 0 Å². The number of benzene rings is 1. The summed E-state index contributed by atoms with van der Waals surface area (Å²) < 4.78 is 10.4. The number of nitrogens with two attached hydrogens (primary N) is 1. The van der Waals surface area contributed by atoms with E-state index in [0.29, 0.717) is 29.3 Å². The zero-order chi connectivity index (χ0) is 15.2. The predicted octanol–water partition coefficient (Wildman–Crippen LogP) is 2.37. The molecule has 1 amide bonds. The number of carbonyl (C=O) groups is 1. The predicted molar refractivity (Wildman–Crippen MR) is 80.6 cm³/mol. The molecule has 2 aromatic rings. The van der Waals surface area contributed by atoms with E-state index in [9.17, 15) is 4.79 Å². The van der Waals surface area contributed by atoms with Crippen molar-refractivity contribution in [1.29, 1.82) is 0 Å². The van der Waals surface area contributed by atoms with E-state index in [1.165, 1.54) is 6.26 Å². The van der Waals surface area contributed by atoms with E-state index in [0.717, 1.165) is 11.3 Å². The summed E-state index contributed by atoms with van der Waals surface area (Å²) in [6.07, 6.45) is 2.02. The molecule has 0 fully saturated rings. The van der Waals surface area contributed by atoms with Gasteiger partial charge in [0.15, 0.2) is 0 Å². The van der Waals surface area contributed by atoms with Crippen LogP contribution in [0.25, 0.3) is 0 Å². The quantitative estimate of drug-likeness (QED) is 0.859. The average molecular weight is 309 g/mol. The molecule has 0 unspecified atom stereocenters. The van der Waals surface area contributed by atoms with Crippen LogP contribution in [0.15, 0.2) is 34.9 Å². The first kappa shape index (κ1) is 15.4. The molecule has 112 valence electrons. The molecule has 0 atom stereocenters. The van der Waals surface area contributed by atoms with Gasteiger partial charge in [0.05, 0.1) is 19.2 Å². The Morgan fingerprint density at radius 1 is 1.43 bits per heavy atom. The molecule has 1 aromatic carbocycles. The lowest BCUT2D eigenvalue weighted by atomic mass is 10.1. The van der Waals surface area contributed by atoms with Gasteiger partial charge in [0.2, 0.25) is 0 Å². The van der Waals surface area contributed by atoms with Crippen LogP contribution in [0.1, 0.15) is 21.7 Å². The number of rotatable bonds is 6. The van der Waals surface area contributed by atoms with Gasteiger partial charge in [-0.3, -0.25) is 4.79 Å². The van der Waals surface area contributed by atoms with E-state index in [1.807, 2.05) is 12.1 Å². The highest BCUT2D eigenvalue weighted by molar-refractivity contribution is 6.30. The molecule has 0 spiro atoms. The van der Waals surface area contributed by atoms with Crippen LogP contribution in [0.5, 0.6) is 5.75 Å². The fourth-order valence-corrected chi connectivity index (χ4v) is 2.16. The molecule has 0 aliphatic heterocycles. The summed E-state index contributed by atoms with van der Waals surface area (Å²) in [5, 5.41) is 3.46. The van der Waals surface area contributed by atoms with Crippen LogP contribution in [-0.2, 0) is 13.0 Å². The molecule has 5 nitrogen and oxygen atoms in total. The summed E-state index contributed by atoms with van der Waals surface area (Å²) in [6, 6.07) is 7.04. The summed E-state index contributed by atoms with van der Waals surface area (Å²) in [5.74, 6) is 1.14. The number of methoxy groups -OCH3 is 1. The van der Waals surface area contributed by atoms with Crippen LogP contribution < -0.4 is 15.8 Å². The van der Waals surface area contributed by atoms with Gasteiger partial charge in [-0.05, 0) is 36.2 Å². The van der Waals surface area contributed by atoms with Crippen LogP contribution >= 0.6 is 11.6 Å². The molecule has 0 radical (unpaired) electrons. The Balaban J connectivity index is 1.92. The van der Waals surface area contributed by atoms with Gasteiger partial charge in [0.25, 0.3) is 5.91 Å². The Hall–Kier alpha value is -1.98. The zero-order valence-electron chi connectivity index (χ0n) is 11.7. The fourth-order valence-electron chi connectivity index (χ4n) is 1.96. The monoisotopic (exact) mass is 308 g/mol. The third-order valence-electron chi connectivity index (χ3n) is 3.04. The van der Waals surface area contributed by atoms with Gasteiger partial charge in [-0.2, -0.15) is 0 Å². The number of hydrogen-bond acceptors (Lipinski definition) is 4.